The lowest BCUT2D eigenvalue weighted by Gasteiger charge is -2.25. The maximum atomic E-state index is 11.6. The summed E-state index contributed by atoms with van der Waals surface area (Å²) in [4.78, 5) is 34.3. The summed E-state index contributed by atoms with van der Waals surface area (Å²) in [5, 5.41) is 8.62. The van der Waals surface area contributed by atoms with Crippen molar-refractivity contribution in [3.63, 3.8) is 0 Å². The van der Waals surface area contributed by atoms with Crippen molar-refractivity contribution in [1.82, 2.24) is 4.90 Å². The van der Waals surface area contributed by atoms with E-state index in [9.17, 15) is 14.4 Å². The standard InChI is InChI=1S/C11H20N2O5/c1-7(14)13(6-9(15)16)5-8(12)10(17)18-11(2,3)4/h8H,5-6,12H2,1-4H3,(H,15,16). The molecule has 0 saturated heterocycles. The molecule has 104 valence electrons. The number of carbonyl (C=O) groups excluding carboxylic acids is 2. The minimum absolute atomic E-state index is 0.184. The Morgan fingerprint density at radius 2 is 1.83 bits per heavy atom. The van der Waals surface area contributed by atoms with Crippen LogP contribution in [-0.4, -0.2) is 52.6 Å². The van der Waals surface area contributed by atoms with Crippen molar-refractivity contribution in [3.8, 4) is 0 Å². The lowest BCUT2D eigenvalue weighted by atomic mass is 10.2. The summed E-state index contributed by atoms with van der Waals surface area (Å²) in [6.07, 6.45) is 0. The van der Waals surface area contributed by atoms with Gasteiger partial charge in [0.2, 0.25) is 5.91 Å². The van der Waals surface area contributed by atoms with E-state index >= 15 is 0 Å². The molecule has 18 heavy (non-hydrogen) atoms. The molecule has 7 nitrogen and oxygen atoms in total. The van der Waals surface area contributed by atoms with Crippen LogP contribution in [0.5, 0.6) is 0 Å². The number of rotatable bonds is 5. The van der Waals surface area contributed by atoms with E-state index in [-0.39, 0.29) is 6.54 Å². The Morgan fingerprint density at radius 1 is 1.33 bits per heavy atom. The van der Waals surface area contributed by atoms with Gasteiger partial charge >= 0.3 is 11.9 Å². The fourth-order valence-corrected chi connectivity index (χ4v) is 1.16. The van der Waals surface area contributed by atoms with Gasteiger partial charge in [0.05, 0.1) is 0 Å². The van der Waals surface area contributed by atoms with Gasteiger partial charge in [-0.15, -0.1) is 0 Å². The number of nitrogens with two attached hydrogens (primary N) is 1. The molecule has 0 aliphatic rings. The zero-order chi connectivity index (χ0) is 14.5. The van der Waals surface area contributed by atoms with E-state index in [1.165, 1.54) is 6.92 Å². The first kappa shape index (κ1) is 16.4. The summed E-state index contributed by atoms with van der Waals surface area (Å²) in [7, 11) is 0. The number of ether oxygens (including phenoxy) is 1. The van der Waals surface area contributed by atoms with Crippen molar-refractivity contribution in [2.75, 3.05) is 13.1 Å². The predicted octanol–water partition coefficient (Wildman–Crippen LogP) is -0.411. The SMILES string of the molecule is CC(=O)N(CC(=O)O)CC(N)C(=O)OC(C)(C)C. The summed E-state index contributed by atoms with van der Waals surface area (Å²) >= 11 is 0. The topological polar surface area (TPSA) is 110 Å². The van der Waals surface area contributed by atoms with Crippen LogP contribution in [0.1, 0.15) is 27.7 Å². The van der Waals surface area contributed by atoms with Crippen molar-refractivity contribution >= 4 is 17.8 Å². The number of hydrogen-bond acceptors (Lipinski definition) is 5. The molecule has 0 aliphatic heterocycles. The number of nitrogens with zero attached hydrogens (tertiary/aromatic N) is 1. The number of carboxylic acid groups (broad SMARTS) is 1. The van der Waals surface area contributed by atoms with Crippen LogP contribution in [0.25, 0.3) is 0 Å². The fourth-order valence-electron chi connectivity index (χ4n) is 1.16. The molecule has 0 aliphatic carbocycles. The molecule has 7 heteroatoms. The van der Waals surface area contributed by atoms with Crippen LogP contribution < -0.4 is 5.73 Å². The van der Waals surface area contributed by atoms with Gasteiger partial charge < -0.3 is 20.5 Å². The highest BCUT2D eigenvalue weighted by molar-refractivity contribution is 5.81. The van der Waals surface area contributed by atoms with Crippen LogP contribution in [0.15, 0.2) is 0 Å². The Balaban J connectivity index is 4.50. The third-order valence-electron chi connectivity index (χ3n) is 1.90. The summed E-state index contributed by atoms with van der Waals surface area (Å²) in [6.45, 7) is 5.61. The van der Waals surface area contributed by atoms with Crippen LogP contribution >= 0.6 is 0 Å². The molecule has 1 unspecified atom stereocenters. The first-order valence-corrected chi connectivity index (χ1v) is 5.48. The quantitative estimate of drug-likeness (QED) is 0.650. The second-order valence-corrected chi connectivity index (χ2v) is 4.93. The third kappa shape index (κ3) is 6.85. The molecule has 1 amide bonds. The first-order valence-electron chi connectivity index (χ1n) is 5.48. The molecule has 0 aromatic heterocycles. The molecular weight excluding hydrogens is 240 g/mol. The number of carbonyl (C=O) groups is 3. The highest BCUT2D eigenvalue weighted by atomic mass is 16.6. The highest BCUT2D eigenvalue weighted by Gasteiger charge is 2.25. The average molecular weight is 260 g/mol. The Morgan fingerprint density at radius 3 is 2.17 bits per heavy atom. The van der Waals surface area contributed by atoms with Gasteiger partial charge in [-0.1, -0.05) is 0 Å². The number of carboxylic acids is 1. The van der Waals surface area contributed by atoms with E-state index in [0.29, 0.717) is 0 Å². The van der Waals surface area contributed by atoms with Gasteiger partial charge in [-0.3, -0.25) is 14.4 Å². The maximum Gasteiger partial charge on any atom is 0.325 e. The minimum Gasteiger partial charge on any atom is -0.480 e. The first-order chi connectivity index (χ1) is 8.03. The van der Waals surface area contributed by atoms with Crippen molar-refractivity contribution in [1.29, 1.82) is 0 Å². The lowest BCUT2D eigenvalue weighted by molar-refractivity contribution is -0.158. The van der Waals surface area contributed by atoms with Crippen LogP contribution in [0, 0.1) is 0 Å². The Labute approximate surface area is 106 Å². The molecule has 0 rings (SSSR count). The van der Waals surface area contributed by atoms with Crippen molar-refractivity contribution < 1.29 is 24.2 Å². The molecule has 0 spiro atoms. The predicted molar refractivity (Wildman–Crippen MR) is 63.7 cm³/mol. The normalized spacial score (nSPS) is 12.7. The molecule has 0 fully saturated rings. The van der Waals surface area contributed by atoms with Gasteiger partial charge in [-0.2, -0.15) is 0 Å². The van der Waals surface area contributed by atoms with Gasteiger partial charge in [-0.25, -0.2) is 0 Å². The van der Waals surface area contributed by atoms with Crippen molar-refractivity contribution in [3.05, 3.63) is 0 Å². The number of hydrogen-bond donors (Lipinski definition) is 2. The molecule has 0 aromatic carbocycles. The molecule has 0 radical (unpaired) electrons. The maximum absolute atomic E-state index is 11.6. The zero-order valence-corrected chi connectivity index (χ0v) is 11.1. The van der Waals surface area contributed by atoms with E-state index < -0.39 is 36.0 Å². The molecule has 0 saturated carbocycles. The third-order valence-corrected chi connectivity index (χ3v) is 1.90. The second-order valence-electron chi connectivity index (χ2n) is 4.93. The van der Waals surface area contributed by atoms with Crippen molar-refractivity contribution in [2.45, 2.75) is 39.3 Å². The average Bonchev–Trinajstić information content (AvgIpc) is 2.12. The highest BCUT2D eigenvalue weighted by Crippen LogP contribution is 2.08. The molecule has 3 N–H and O–H groups in total. The lowest BCUT2D eigenvalue weighted by Crippen LogP contribution is -2.48. The minimum atomic E-state index is -1.17. The van der Waals surface area contributed by atoms with E-state index in [2.05, 4.69) is 0 Å². The van der Waals surface area contributed by atoms with Crippen LogP contribution in [0.2, 0.25) is 0 Å². The van der Waals surface area contributed by atoms with Gasteiger partial charge in [-0.05, 0) is 20.8 Å². The number of esters is 1. The Hall–Kier alpha value is -1.63. The van der Waals surface area contributed by atoms with Gasteiger partial charge in [0.25, 0.3) is 0 Å². The van der Waals surface area contributed by atoms with Gasteiger partial charge in [0, 0.05) is 13.5 Å². The van der Waals surface area contributed by atoms with E-state index in [1.54, 1.807) is 20.8 Å². The Bertz CT molecular complexity index is 335. The Kier molecular flexibility index (Phi) is 5.77. The fraction of sp³-hybridized carbons (Fsp3) is 0.727. The van der Waals surface area contributed by atoms with E-state index in [4.69, 9.17) is 15.6 Å². The second kappa shape index (κ2) is 6.34. The summed E-state index contributed by atoms with van der Waals surface area (Å²) in [5.41, 5.74) is 4.90. The molecule has 1 atom stereocenters. The summed E-state index contributed by atoms with van der Waals surface area (Å²) in [6, 6.07) is -1.06. The number of amides is 1. The largest absolute Gasteiger partial charge is 0.480 e. The number of aliphatic carboxylic acids is 1. The monoisotopic (exact) mass is 260 g/mol. The zero-order valence-electron chi connectivity index (χ0n) is 11.1. The van der Waals surface area contributed by atoms with E-state index in [1.807, 2.05) is 0 Å². The summed E-state index contributed by atoms with van der Waals surface area (Å²) in [5.74, 6) is -2.29. The molecular formula is C11H20N2O5. The summed E-state index contributed by atoms with van der Waals surface area (Å²) < 4.78 is 5.04. The van der Waals surface area contributed by atoms with Crippen LogP contribution in [-0.2, 0) is 19.1 Å². The van der Waals surface area contributed by atoms with Crippen molar-refractivity contribution in [2.24, 2.45) is 5.73 Å². The van der Waals surface area contributed by atoms with Crippen LogP contribution in [0.3, 0.4) is 0 Å². The molecule has 0 bridgehead atoms. The molecule has 0 aromatic rings. The smallest absolute Gasteiger partial charge is 0.325 e. The molecule has 0 heterocycles. The van der Waals surface area contributed by atoms with Gasteiger partial charge in [0.1, 0.15) is 18.2 Å². The van der Waals surface area contributed by atoms with Crippen LogP contribution in [0.4, 0.5) is 0 Å². The van der Waals surface area contributed by atoms with Gasteiger partial charge in [0.15, 0.2) is 0 Å². The van der Waals surface area contributed by atoms with E-state index in [0.717, 1.165) is 4.90 Å².